The van der Waals surface area contributed by atoms with Gasteiger partial charge in [-0.15, -0.1) is 0 Å². The zero-order chi connectivity index (χ0) is 27.8. The number of carbonyl (C=O) groups is 1. The van der Waals surface area contributed by atoms with E-state index in [1.165, 1.54) is 0 Å². The predicted molar refractivity (Wildman–Crippen MR) is 152 cm³/mol. The van der Waals surface area contributed by atoms with Crippen molar-refractivity contribution in [2.24, 2.45) is 7.05 Å². The molecule has 0 spiro atoms. The van der Waals surface area contributed by atoms with Crippen molar-refractivity contribution in [3.05, 3.63) is 102 Å². The molecule has 0 aliphatic carbocycles. The summed E-state index contributed by atoms with van der Waals surface area (Å²) < 4.78 is 9.93. The number of pyridine rings is 1. The lowest BCUT2D eigenvalue weighted by Crippen LogP contribution is -2.12. The number of nitrogens with one attached hydrogen (secondary N) is 1. The number of aryl methyl sites for hydroxylation is 4. The van der Waals surface area contributed by atoms with Crippen LogP contribution in [0.25, 0.3) is 28.1 Å². The van der Waals surface area contributed by atoms with E-state index in [1.54, 1.807) is 41.7 Å². The number of benzene rings is 2. The number of amides is 1. The van der Waals surface area contributed by atoms with Crippen LogP contribution < -0.4 is 10.1 Å². The van der Waals surface area contributed by atoms with Crippen LogP contribution in [0.4, 0.5) is 5.69 Å². The number of fused-ring (bicyclic) bond motifs is 1. The van der Waals surface area contributed by atoms with E-state index in [-0.39, 0.29) is 5.91 Å². The van der Waals surface area contributed by atoms with E-state index in [0.717, 1.165) is 28.1 Å². The van der Waals surface area contributed by atoms with Crippen LogP contribution in [0.1, 0.15) is 27.2 Å². The zero-order valence-electron chi connectivity index (χ0n) is 22.5. The highest BCUT2D eigenvalue weighted by Crippen LogP contribution is 2.32. The van der Waals surface area contributed by atoms with Crippen molar-refractivity contribution in [2.75, 3.05) is 5.32 Å². The van der Waals surface area contributed by atoms with E-state index in [9.17, 15) is 4.79 Å². The maximum absolute atomic E-state index is 13.3. The second-order valence-electron chi connectivity index (χ2n) is 9.61. The van der Waals surface area contributed by atoms with Crippen LogP contribution in [-0.4, -0.2) is 40.2 Å². The zero-order valence-corrected chi connectivity index (χ0v) is 22.5. The highest BCUT2D eigenvalue weighted by atomic mass is 16.5. The number of nitrogens with zero attached hydrogens (tertiary/aromatic N) is 7. The molecule has 4 heterocycles. The second kappa shape index (κ2) is 10.1. The fraction of sp³-hybridized carbons (Fsp3) is 0.133. The third kappa shape index (κ3) is 4.90. The van der Waals surface area contributed by atoms with E-state index in [2.05, 4.69) is 25.4 Å². The van der Waals surface area contributed by atoms with E-state index in [4.69, 9.17) is 9.72 Å². The predicted octanol–water partition coefficient (Wildman–Crippen LogP) is 5.58. The standard InChI is InChI=1S/C30H26N8O2/c1-18-11-23(14-24(12-18)38-16-20(3)32-17-38)34-29(39)22-6-5-19(2)26(13-22)40-30-25-15-33-37(4)28(25)35-27(36-30)21-7-9-31-10-8-21/h5-17H,1-4H3,(H,34,39). The lowest BCUT2D eigenvalue weighted by Gasteiger charge is -2.13. The molecule has 6 aromatic rings. The van der Waals surface area contributed by atoms with Crippen molar-refractivity contribution in [3.63, 3.8) is 0 Å². The smallest absolute Gasteiger partial charge is 0.255 e. The summed E-state index contributed by atoms with van der Waals surface area (Å²) in [4.78, 5) is 31.1. The van der Waals surface area contributed by atoms with Gasteiger partial charge in [0, 0.05) is 48.1 Å². The highest BCUT2D eigenvalue weighted by molar-refractivity contribution is 6.04. The number of carbonyl (C=O) groups excluding carboxylic acids is 1. The Morgan fingerprint density at radius 1 is 0.975 bits per heavy atom. The lowest BCUT2D eigenvalue weighted by molar-refractivity contribution is 0.102. The van der Waals surface area contributed by atoms with Crippen LogP contribution in [0, 0.1) is 20.8 Å². The maximum atomic E-state index is 13.3. The van der Waals surface area contributed by atoms with Crippen molar-refractivity contribution in [3.8, 4) is 28.7 Å². The molecule has 0 aliphatic rings. The maximum Gasteiger partial charge on any atom is 0.255 e. The number of imidazole rings is 1. The SMILES string of the molecule is Cc1cc(NC(=O)c2ccc(C)c(Oc3nc(-c4ccncc4)nc4c3cnn4C)c2)cc(-n2cnc(C)c2)c1. The second-order valence-corrected chi connectivity index (χ2v) is 9.61. The van der Waals surface area contributed by atoms with Crippen molar-refractivity contribution in [1.82, 2.24) is 34.3 Å². The molecule has 0 aliphatic heterocycles. The summed E-state index contributed by atoms with van der Waals surface area (Å²) in [7, 11) is 1.82. The minimum Gasteiger partial charge on any atom is -0.438 e. The van der Waals surface area contributed by atoms with Crippen LogP contribution in [0.3, 0.4) is 0 Å². The van der Waals surface area contributed by atoms with Crippen LogP contribution >= 0.6 is 0 Å². The molecule has 2 aromatic carbocycles. The number of hydrogen-bond donors (Lipinski definition) is 1. The van der Waals surface area contributed by atoms with Crippen molar-refractivity contribution in [1.29, 1.82) is 0 Å². The molecule has 0 atom stereocenters. The Morgan fingerprint density at radius 2 is 1.80 bits per heavy atom. The van der Waals surface area contributed by atoms with Gasteiger partial charge in [-0.2, -0.15) is 10.1 Å². The molecule has 0 saturated heterocycles. The first-order valence-corrected chi connectivity index (χ1v) is 12.7. The summed E-state index contributed by atoms with van der Waals surface area (Å²) in [5.74, 6) is 1.10. The number of anilines is 1. The van der Waals surface area contributed by atoms with E-state index >= 15 is 0 Å². The Balaban J connectivity index is 1.31. The van der Waals surface area contributed by atoms with Gasteiger partial charge < -0.3 is 14.6 Å². The van der Waals surface area contributed by atoms with Gasteiger partial charge in [0.2, 0.25) is 5.88 Å². The Kier molecular flexibility index (Phi) is 6.27. The topological polar surface area (TPSA) is 113 Å². The van der Waals surface area contributed by atoms with Gasteiger partial charge in [-0.05, 0) is 74.4 Å². The highest BCUT2D eigenvalue weighted by Gasteiger charge is 2.17. The van der Waals surface area contributed by atoms with Crippen LogP contribution in [-0.2, 0) is 7.05 Å². The van der Waals surface area contributed by atoms with Crippen molar-refractivity contribution < 1.29 is 9.53 Å². The molecule has 198 valence electrons. The Bertz CT molecular complexity index is 1870. The Hall–Kier alpha value is -5.38. The first kappa shape index (κ1) is 24.9. The molecule has 0 fully saturated rings. The average Bonchev–Trinajstić information content (AvgIpc) is 3.55. The molecule has 4 aromatic heterocycles. The molecule has 40 heavy (non-hydrogen) atoms. The van der Waals surface area contributed by atoms with E-state index in [1.807, 2.05) is 75.0 Å². The number of rotatable bonds is 6. The third-order valence-electron chi connectivity index (χ3n) is 6.48. The minimum absolute atomic E-state index is 0.255. The molecule has 6 rings (SSSR count). The van der Waals surface area contributed by atoms with E-state index in [0.29, 0.717) is 39.7 Å². The van der Waals surface area contributed by atoms with Crippen molar-refractivity contribution in [2.45, 2.75) is 20.8 Å². The van der Waals surface area contributed by atoms with E-state index < -0.39 is 0 Å². The van der Waals surface area contributed by atoms with Gasteiger partial charge in [0.05, 0.1) is 18.2 Å². The quantitative estimate of drug-likeness (QED) is 0.299. The van der Waals surface area contributed by atoms with Gasteiger partial charge in [0.15, 0.2) is 11.5 Å². The Morgan fingerprint density at radius 3 is 2.58 bits per heavy atom. The molecule has 10 nitrogen and oxygen atoms in total. The number of hydrogen-bond acceptors (Lipinski definition) is 7. The average molecular weight is 531 g/mol. The summed E-state index contributed by atoms with van der Waals surface area (Å²) >= 11 is 0. The van der Waals surface area contributed by atoms with Gasteiger partial charge in [-0.1, -0.05) is 6.07 Å². The summed E-state index contributed by atoms with van der Waals surface area (Å²) in [6, 6.07) is 14.9. The number of aromatic nitrogens is 7. The van der Waals surface area contributed by atoms with Crippen LogP contribution in [0.15, 0.2) is 79.6 Å². The molecule has 0 bridgehead atoms. The molecule has 1 N–H and O–H groups in total. The largest absolute Gasteiger partial charge is 0.438 e. The Labute approximate surface area is 230 Å². The fourth-order valence-corrected chi connectivity index (χ4v) is 4.41. The number of ether oxygens (including phenoxy) is 1. The summed E-state index contributed by atoms with van der Waals surface area (Å²) in [5, 5.41) is 8.02. The van der Waals surface area contributed by atoms with Gasteiger partial charge in [-0.3, -0.25) is 14.5 Å². The first-order valence-electron chi connectivity index (χ1n) is 12.7. The van der Waals surface area contributed by atoms with Gasteiger partial charge >= 0.3 is 0 Å². The third-order valence-corrected chi connectivity index (χ3v) is 6.48. The molecule has 1 amide bonds. The van der Waals surface area contributed by atoms with Gasteiger partial charge in [0.25, 0.3) is 5.91 Å². The first-order chi connectivity index (χ1) is 19.3. The van der Waals surface area contributed by atoms with Crippen LogP contribution in [0.2, 0.25) is 0 Å². The fourth-order valence-electron chi connectivity index (χ4n) is 4.41. The summed E-state index contributed by atoms with van der Waals surface area (Å²) in [6.45, 7) is 5.84. The summed E-state index contributed by atoms with van der Waals surface area (Å²) in [6.07, 6.45) is 8.74. The lowest BCUT2D eigenvalue weighted by atomic mass is 10.1. The van der Waals surface area contributed by atoms with Crippen LogP contribution in [0.5, 0.6) is 11.6 Å². The molecule has 0 saturated carbocycles. The molecular formula is C30H26N8O2. The van der Waals surface area contributed by atoms with Crippen molar-refractivity contribution >= 4 is 22.6 Å². The monoisotopic (exact) mass is 530 g/mol. The minimum atomic E-state index is -0.255. The normalized spacial score (nSPS) is 11.1. The van der Waals surface area contributed by atoms with Gasteiger partial charge in [-0.25, -0.2) is 9.97 Å². The summed E-state index contributed by atoms with van der Waals surface area (Å²) in [5.41, 5.74) is 6.27. The molecule has 0 unspecified atom stereocenters. The molecule has 0 radical (unpaired) electrons. The van der Waals surface area contributed by atoms with Gasteiger partial charge in [0.1, 0.15) is 11.1 Å². The molecular weight excluding hydrogens is 504 g/mol. The molecule has 10 heteroatoms.